The van der Waals surface area contributed by atoms with Crippen molar-refractivity contribution in [3.05, 3.63) is 36.0 Å². The van der Waals surface area contributed by atoms with Crippen LogP contribution in [0.15, 0.2) is 30.3 Å². The lowest BCUT2D eigenvalue weighted by Gasteiger charge is -2.22. The Balaban J connectivity index is 2.69. The highest BCUT2D eigenvalue weighted by atomic mass is 16.3. The van der Waals surface area contributed by atoms with E-state index in [0.29, 0.717) is 5.69 Å². The highest BCUT2D eigenvalue weighted by molar-refractivity contribution is 5.67. The number of aromatic hydroxyl groups is 1. The van der Waals surface area contributed by atoms with Crippen molar-refractivity contribution in [2.75, 3.05) is 0 Å². The van der Waals surface area contributed by atoms with Crippen molar-refractivity contribution >= 4 is 0 Å². The van der Waals surface area contributed by atoms with Gasteiger partial charge in [0.15, 0.2) is 5.75 Å². The fourth-order valence-electron chi connectivity index (χ4n) is 1.86. The average molecular weight is 230 g/mol. The number of nitrogens with zero attached hydrogens (tertiary/aromatic N) is 2. The fraction of sp³-hybridized carbons (Fsp3) is 0.357. The van der Waals surface area contributed by atoms with Gasteiger partial charge in [0.25, 0.3) is 0 Å². The molecule has 0 fully saturated rings. The summed E-state index contributed by atoms with van der Waals surface area (Å²) in [5.41, 5.74) is 2.28. The molecule has 1 N–H and O–H groups in total. The van der Waals surface area contributed by atoms with E-state index in [4.69, 9.17) is 0 Å². The molecule has 17 heavy (non-hydrogen) atoms. The van der Waals surface area contributed by atoms with Crippen molar-refractivity contribution < 1.29 is 5.11 Å². The van der Waals surface area contributed by atoms with Gasteiger partial charge >= 0.3 is 0 Å². The summed E-state index contributed by atoms with van der Waals surface area (Å²) in [6, 6.07) is 9.86. The van der Waals surface area contributed by atoms with E-state index >= 15 is 0 Å². The third kappa shape index (κ3) is 2.05. The molecule has 0 unspecified atom stereocenters. The molecule has 1 aromatic heterocycles. The van der Waals surface area contributed by atoms with Gasteiger partial charge in [-0.25, -0.2) is 0 Å². The lowest BCUT2D eigenvalue weighted by Crippen LogP contribution is -2.24. The van der Waals surface area contributed by atoms with Gasteiger partial charge in [0, 0.05) is 5.56 Å². The SMILES string of the molecule is Cc1nn(C(C)(C)C)c(-c2ccccc2)c1O. The first kappa shape index (κ1) is 11.7. The largest absolute Gasteiger partial charge is 0.504 e. The maximum absolute atomic E-state index is 10.2. The molecule has 0 aliphatic heterocycles. The summed E-state index contributed by atoms with van der Waals surface area (Å²) in [6.07, 6.45) is 0. The number of benzene rings is 1. The van der Waals surface area contributed by atoms with E-state index in [1.807, 2.05) is 41.9 Å². The van der Waals surface area contributed by atoms with Gasteiger partial charge in [0.1, 0.15) is 11.4 Å². The van der Waals surface area contributed by atoms with Crippen LogP contribution >= 0.6 is 0 Å². The predicted octanol–water partition coefficient (Wildman–Crippen LogP) is 3.32. The molecule has 0 bridgehead atoms. The molecule has 3 nitrogen and oxygen atoms in total. The lowest BCUT2D eigenvalue weighted by atomic mass is 10.1. The first-order valence-electron chi connectivity index (χ1n) is 5.76. The Morgan fingerprint density at radius 3 is 2.24 bits per heavy atom. The third-order valence-electron chi connectivity index (χ3n) is 2.71. The van der Waals surface area contributed by atoms with Gasteiger partial charge in [-0.2, -0.15) is 5.10 Å². The molecule has 0 spiro atoms. The Bertz CT molecular complexity index is 521. The fourth-order valence-corrected chi connectivity index (χ4v) is 1.86. The van der Waals surface area contributed by atoms with E-state index < -0.39 is 0 Å². The number of aromatic nitrogens is 2. The second kappa shape index (κ2) is 3.91. The van der Waals surface area contributed by atoms with Crippen LogP contribution in [-0.4, -0.2) is 14.9 Å². The quantitative estimate of drug-likeness (QED) is 0.816. The van der Waals surface area contributed by atoms with Crippen LogP contribution in [0.1, 0.15) is 26.5 Å². The van der Waals surface area contributed by atoms with E-state index in [1.165, 1.54) is 0 Å². The van der Waals surface area contributed by atoms with Crippen molar-refractivity contribution in [2.24, 2.45) is 0 Å². The molecule has 0 radical (unpaired) electrons. The molecular formula is C14H18N2O. The summed E-state index contributed by atoms with van der Waals surface area (Å²) in [5, 5.41) is 14.6. The Morgan fingerprint density at radius 2 is 1.71 bits per heavy atom. The Hall–Kier alpha value is -1.77. The molecule has 0 aliphatic carbocycles. The summed E-state index contributed by atoms with van der Waals surface area (Å²) in [6.45, 7) is 8.05. The summed E-state index contributed by atoms with van der Waals surface area (Å²) < 4.78 is 1.88. The standard InChI is InChI=1S/C14H18N2O/c1-10-13(17)12(11-8-6-5-7-9-11)16(15-10)14(2,3)4/h5-9,17H,1-4H3. The molecule has 1 aromatic carbocycles. The van der Waals surface area contributed by atoms with Crippen molar-refractivity contribution in [1.29, 1.82) is 0 Å². The van der Waals surface area contributed by atoms with E-state index in [9.17, 15) is 5.11 Å². The van der Waals surface area contributed by atoms with E-state index in [2.05, 4.69) is 25.9 Å². The predicted molar refractivity (Wildman–Crippen MR) is 69.1 cm³/mol. The molecule has 2 aromatic rings. The minimum Gasteiger partial charge on any atom is -0.504 e. The summed E-state index contributed by atoms with van der Waals surface area (Å²) in [5.74, 6) is 0.270. The Labute approximate surface area is 102 Å². The average Bonchev–Trinajstić information content (AvgIpc) is 2.57. The Kier molecular flexibility index (Phi) is 2.69. The minimum atomic E-state index is -0.156. The zero-order valence-electron chi connectivity index (χ0n) is 10.7. The summed E-state index contributed by atoms with van der Waals surface area (Å²) >= 11 is 0. The van der Waals surface area contributed by atoms with Crippen molar-refractivity contribution in [1.82, 2.24) is 9.78 Å². The minimum absolute atomic E-state index is 0.156. The van der Waals surface area contributed by atoms with Crippen LogP contribution in [0.5, 0.6) is 5.75 Å². The van der Waals surface area contributed by atoms with Crippen molar-refractivity contribution in [3.63, 3.8) is 0 Å². The number of hydrogen-bond donors (Lipinski definition) is 1. The number of rotatable bonds is 1. The highest BCUT2D eigenvalue weighted by Crippen LogP contribution is 2.35. The Morgan fingerprint density at radius 1 is 1.12 bits per heavy atom. The van der Waals surface area contributed by atoms with Crippen LogP contribution in [0, 0.1) is 6.92 Å². The first-order chi connectivity index (χ1) is 7.91. The topological polar surface area (TPSA) is 38.0 Å². The van der Waals surface area contributed by atoms with Crippen molar-refractivity contribution in [2.45, 2.75) is 33.2 Å². The summed E-state index contributed by atoms with van der Waals surface area (Å²) in [7, 11) is 0. The molecule has 0 saturated heterocycles. The van der Waals surface area contributed by atoms with Crippen molar-refractivity contribution in [3.8, 4) is 17.0 Å². The van der Waals surface area contributed by atoms with Gasteiger partial charge in [-0.3, -0.25) is 4.68 Å². The third-order valence-corrected chi connectivity index (χ3v) is 2.71. The summed E-state index contributed by atoms with van der Waals surface area (Å²) in [4.78, 5) is 0. The zero-order valence-corrected chi connectivity index (χ0v) is 10.7. The molecule has 0 amide bonds. The molecule has 2 rings (SSSR count). The van der Waals surface area contributed by atoms with Gasteiger partial charge in [-0.15, -0.1) is 0 Å². The molecular weight excluding hydrogens is 212 g/mol. The molecule has 0 aliphatic rings. The lowest BCUT2D eigenvalue weighted by molar-refractivity contribution is 0.357. The maximum Gasteiger partial charge on any atom is 0.164 e. The van der Waals surface area contributed by atoms with Crippen LogP contribution in [-0.2, 0) is 5.54 Å². The van der Waals surface area contributed by atoms with Crippen LogP contribution < -0.4 is 0 Å². The van der Waals surface area contributed by atoms with Gasteiger partial charge in [0.2, 0.25) is 0 Å². The van der Waals surface area contributed by atoms with Gasteiger partial charge in [-0.1, -0.05) is 30.3 Å². The number of hydrogen-bond acceptors (Lipinski definition) is 2. The van der Waals surface area contributed by atoms with Gasteiger partial charge < -0.3 is 5.11 Å². The second-order valence-corrected chi connectivity index (χ2v) is 5.23. The van der Waals surface area contributed by atoms with E-state index in [0.717, 1.165) is 11.3 Å². The highest BCUT2D eigenvalue weighted by Gasteiger charge is 2.23. The smallest absolute Gasteiger partial charge is 0.164 e. The monoisotopic (exact) mass is 230 g/mol. The van der Waals surface area contributed by atoms with Crippen LogP contribution in [0.25, 0.3) is 11.3 Å². The van der Waals surface area contributed by atoms with E-state index in [1.54, 1.807) is 0 Å². The van der Waals surface area contributed by atoms with Crippen LogP contribution in [0.4, 0.5) is 0 Å². The molecule has 3 heteroatoms. The molecule has 0 saturated carbocycles. The van der Waals surface area contributed by atoms with E-state index in [-0.39, 0.29) is 11.3 Å². The molecule has 0 atom stereocenters. The van der Waals surface area contributed by atoms with Gasteiger partial charge in [-0.05, 0) is 27.7 Å². The van der Waals surface area contributed by atoms with Crippen LogP contribution in [0.3, 0.4) is 0 Å². The molecule has 90 valence electrons. The number of aryl methyl sites for hydroxylation is 1. The van der Waals surface area contributed by atoms with Crippen LogP contribution in [0.2, 0.25) is 0 Å². The zero-order chi connectivity index (χ0) is 12.6. The first-order valence-corrected chi connectivity index (χ1v) is 5.76. The molecule has 1 heterocycles. The second-order valence-electron chi connectivity index (χ2n) is 5.23. The normalized spacial score (nSPS) is 11.8. The maximum atomic E-state index is 10.2. The van der Waals surface area contributed by atoms with Gasteiger partial charge in [0.05, 0.1) is 5.54 Å².